The summed E-state index contributed by atoms with van der Waals surface area (Å²) in [5.74, 6) is -1.05. The molecule has 0 unspecified atom stereocenters. The van der Waals surface area contributed by atoms with Crippen molar-refractivity contribution in [1.82, 2.24) is 5.16 Å². The van der Waals surface area contributed by atoms with Gasteiger partial charge in [-0.1, -0.05) is 22.8 Å². The zero-order valence-electron chi connectivity index (χ0n) is 16.4. The molecule has 0 spiro atoms. The number of carbonyl (C=O) groups excluding carboxylic acids is 1. The van der Waals surface area contributed by atoms with Crippen molar-refractivity contribution in [3.05, 3.63) is 64.1 Å². The predicted molar refractivity (Wildman–Crippen MR) is 114 cm³/mol. The van der Waals surface area contributed by atoms with E-state index in [0.717, 1.165) is 0 Å². The van der Waals surface area contributed by atoms with Gasteiger partial charge in [0.2, 0.25) is 10.0 Å². The molecule has 0 saturated carbocycles. The van der Waals surface area contributed by atoms with Gasteiger partial charge in [-0.2, -0.15) is 0 Å². The molecule has 0 bridgehead atoms. The zero-order chi connectivity index (χ0) is 22.1. The lowest BCUT2D eigenvalue weighted by atomic mass is 10.0. The molecular formula is C20H19ClFN3O4S. The van der Waals surface area contributed by atoms with Crippen LogP contribution in [0, 0.1) is 19.7 Å². The summed E-state index contributed by atoms with van der Waals surface area (Å²) in [5, 5.41) is 6.61. The number of hydrogen-bond donors (Lipinski definition) is 2. The molecule has 3 rings (SSSR count). The molecule has 0 aliphatic rings. The van der Waals surface area contributed by atoms with Crippen LogP contribution in [0.4, 0.5) is 15.8 Å². The molecule has 2 N–H and O–H groups in total. The van der Waals surface area contributed by atoms with Gasteiger partial charge < -0.3 is 9.84 Å². The lowest BCUT2D eigenvalue weighted by Gasteiger charge is -2.12. The number of hydrogen-bond acceptors (Lipinski definition) is 5. The molecule has 30 heavy (non-hydrogen) atoms. The number of aromatic nitrogens is 1. The van der Waals surface area contributed by atoms with Crippen LogP contribution in [0.5, 0.6) is 0 Å². The van der Waals surface area contributed by atoms with E-state index in [9.17, 15) is 17.6 Å². The second-order valence-corrected chi connectivity index (χ2v) is 8.97. The number of sulfonamides is 1. The van der Waals surface area contributed by atoms with Crippen LogP contribution in [0.1, 0.15) is 28.6 Å². The van der Waals surface area contributed by atoms with Gasteiger partial charge >= 0.3 is 0 Å². The largest absolute Gasteiger partial charge is 0.360 e. The topological polar surface area (TPSA) is 101 Å². The molecule has 3 aromatic rings. The Morgan fingerprint density at radius 2 is 1.97 bits per heavy atom. The van der Waals surface area contributed by atoms with Gasteiger partial charge in [0.05, 0.1) is 22.0 Å². The van der Waals surface area contributed by atoms with E-state index >= 15 is 0 Å². The first-order valence-electron chi connectivity index (χ1n) is 8.96. The molecule has 1 aromatic heterocycles. The monoisotopic (exact) mass is 451 g/mol. The number of carbonyl (C=O) groups is 1. The first-order valence-corrected chi connectivity index (χ1v) is 11.0. The lowest BCUT2D eigenvalue weighted by molar-refractivity contribution is 0.102. The second kappa shape index (κ2) is 8.45. The number of rotatable bonds is 6. The van der Waals surface area contributed by atoms with Gasteiger partial charge in [-0.25, -0.2) is 12.8 Å². The van der Waals surface area contributed by atoms with Crippen molar-refractivity contribution in [2.75, 3.05) is 15.8 Å². The maximum absolute atomic E-state index is 14.3. The number of benzene rings is 2. The normalized spacial score (nSPS) is 11.4. The fourth-order valence-electron chi connectivity index (χ4n) is 2.82. The van der Waals surface area contributed by atoms with Gasteiger partial charge in [0.1, 0.15) is 22.8 Å². The summed E-state index contributed by atoms with van der Waals surface area (Å²) >= 11 is 6.10. The minimum absolute atomic E-state index is 0.00264. The van der Waals surface area contributed by atoms with Crippen molar-refractivity contribution in [2.24, 2.45) is 0 Å². The fourth-order valence-corrected chi connectivity index (χ4v) is 3.78. The van der Waals surface area contributed by atoms with Crippen LogP contribution in [0.25, 0.3) is 11.3 Å². The Kier molecular flexibility index (Phi) is 6.14. The SMILES string of the molecule is CCS(=O)(=O)Nc1ccc(NC(=O)c2c(-c3c(F)cccc3Cl)noc2C)cc1C. The van der Waals surface area contributed by atoms with Crippen molar-refractivity contribution in [2.45, 2.75) is 20.8 Å². The van der Waals surface area contributed by atoms with Crippen LogP contribution in [0.3, 0.4) is 0 Å². The lowest BCUT2D eigenvalue weighted by Crippen LogP contribution is -2.16. The molecule has 0 atom stereocenters. The number of amides is 1. The van der Waals surface area contributed by atoms with Crippen LogP contribution >= 0.6 is 11.6 Å². The van der Waals surface area contributed by atoms with Crippen molar-refractivity contribution in [1.29, 1.82) is 0 Å². The van der Waals surface area contributed by atoms with E-state index in [1.54, 1.807) is 25.1 Å². The summed E-state index contributed by atoms with van der Waals surface area (Å²) in [5.41, 5.74) is 1.47. The molecule has 0 fully saturated rings. The molecule has 1 amide bonds. The molecule has 158 valence electrons. The van der Waals surface area contributed by atoms with E-state index in [1.165, 1.54) is 32.0 Å². The smallest absolute Gasteiger partial charge is 0.261 e. The van der Waals surface area contributed by atoms with Crippen molar-refractivity contribution < 1.29 is 22.1 Å². The van der Waals surface area contributed by atoms with Gasteiger partial charge in [-0.3, -0.25) is 9.52 Å². The first kappa shape index (κ1) is 21.8. The van der Waals surface area contributed by atoms with Crippen LogP contribution < -0.4 is 10.0 Å². The Morgan fingerprint density at radius 1 is 1.23 bits per heavy atom. The van der Waals surface area contributed by atoms with Gasteiger partial charge in [0.15, 0.2) is 0 Å². The number of halogens is 2. The Morgan fingerprint density at radius 3 is 2.60 bits per heavy atom. The van der Waals surface area contributed by atoms with Crippen LogP contribution in [0.15, 0.2) is 40.9 Å². The number of nitrogens with one attached hydrogen (secondary N) is 2. The van der Waals surface area contributed by atoms with Gasteiger partial charge in [0.25, 0.3) is 5.91 Å². The Balaban J connectivity index is 1.91. The Labute approximate surface area is 178 Å². The van der Waals surface area contributed by atoms with E-state index < -0.39 is 21.7 Å². The Hall–Kier alpha value is -2.91. The first-order chi connectivity index (χ1) is 14.1. The summed E-state index contributed by atoms with van der Waals surface area (Å²) in [7, 11) is -3.42. The molecule has 0 radical (unpaired) electrons. The van der Waals surface area contributed by atoms with E-state index in [2.05, 4.69) is 15.2 Å². The van der Waals surface area contributed by atoms with Crippen LogP contribution in [0.2, 0.25) is 5.02 Å². The summed E-state index contributed by atoms with van der Waals surface area (Å²) in [4.78, 5) is 12.9. The van der Waals surface area contributed by atoms with Crippen molar-refractivity contribution in [3.8, 4) is 11.3 Å². The third kappa shape index (κ3) is 4.47. The summed E-state index contributed by atoms with van der Waals surface area (Å²) < 4.78 is 45.4. The number of aryl methyl sites for hydroxylation is 2. The van der Waals surface area contributed by atoms with Gasteiger partial charge in [-0.15, -0.1) is 0 Å². The number of nitrogens with zero attached hydrogens (tertiary/aromatic N) is 1. The van der Waals surface area contributed by atoms with Crippen molar-refractivity contribution in [3.63, 3.8) is 0 Å². The van der Waals surface area contributed by atoms with Gasteiger partial charge in [0, 0.05) is 5.69 Å². The van der Waals surface area contributed by atoms with Crippen LogP contribution in [-0.2, 0) is 10.0 Å². The summed E-state index contributed by atoms with van der Waals surface area (Å²) in [6.07, 6.45) is 0. The number of anilines is 2. The zero-order valence-corrected chi connectivity index (χ0v) is 18.0. The molecule has 0 aliphatic carbocycles. The average Bonchev–Trinajstić information content (AvgIpc) is 3.05. The van der Waals surface area contributed by atoms with E-state index in [1.807, 2.05) is 0 Å². The quantitative estimate of drug-likeness (QED) is 0.562. The highest BCUT2D eigenvalue weighted by atomic mass is 35.5. The van der Waals surface area contributed by atoms with E-state index in [4.69, 9.17) is 16.1 Å². The van der Waals surface area contributed by atoms with Crippen molar-refractivity contribution >= 4 is 38.9 Å². The third-order valence-corrected chi connectivity index (χ3v) is 6.03. The van der Waals surface area contributed by atoms with E-state index in [-0.39, 0.29) is 33.4 Å². The maximum Gasteiger partial charge on any atom is 0.261 e. The molecule has 2 aromatic carbocycles. The standard InChI is InChI=1S/C20H19ClFN3O4S/c1-4-30(27,28)25-16-9-8-13(10-11(16)2)23-20(26)17-12(3)29-24-19(17)18-14(21)6-5-7-15(18)22/h5-10,25H,4H2,1-3H3,(H,23,26). The minimum Gasteiger partial charge on any atom is -0.360 e. The Bertz CT molecular complexity index is 1200. The highest BCUT2D eigenvalue weighted by Gasteiger charge is 2.25. The summed E-state index contributed by atoms with van der Waals surface area (Å²) in [6.45, 7) is 4.78. The molecule has 10 heteroatoms. The molecule has 7 nitrogen and oxygen atoms in total. The predicted octanol–water partition coefficient (Wildman–Crippen LogP) is 4.76. The molecular weight excluding hydrogens is 433 g/mol. The van der Waals surface area contributed by atoms with Crippen LogP contribution in [-0.4, -0.2) is 25.2 Å². The highest BCUT2D eigenvalue weighted by Crippen LogP contribution is 2.34. The highest BCUT2D eigenvalue weighted by molar-refractivity contribution is 7.92. The third-order valence-electron chi connectivity index (χ3n) is 4.42. The van der Waals surface area contributed by atoms with Gasteiger partial charge in [-0.05, 0) is 56.7 Å². The fraction of sp³-hybridized carbons (Fsp3) is 0.200. The second-order valence-electron chi connectivity index (χ2n) is 6.55. The molecule has 0 aliphatic heterocycles. The summed E-state index contributed by atoms with van der Waals surface area (Å²) in [6, 6.07) is 8.87. The maximum atomic E-state index is 14.3. The van der Waals surface area contributed by atoms with E-state index in [0.29, 0.717) is 16.9 Å². The average molecular weight is 452 g/mol. The minimum atomic E-state index is -3.42. The molecule has 0 saturated heterocycles. The molecule has 1 heterocycles.